The summed E-state index contributed by atoms with van der Waals surface area (Å²) in [5, 5.41) is 9.26. The van der Waals surface area contributed by atoms with Crippen LogP contribution < -0.4 is 9.64 Å². The van der Waals surface area contributed by atoms with E-state index in [4.69, 9.17) is 4.74 Å². The molecule has 3 aromatic rings. The van der Waals surface area contributed by atoms with Gasteiger partial charge in [-0.2, -0.15) is 5.26 Å². The van der Waals surface area contributed by atoms with Crippen LogP contribution in [0.3, 0.4) is 0 Å². The van der Waals surface area contributed by atoms with Gasteiger partial charge in [-0.15, -0.1) is 0 Å². The molecule has 0 unspecified atom stereocenters. The number of ether oxygens (including phenoxy) is 1. The Morgan fingerprint density at radius 1 is 0.969 bits per heavy atom. The highest BCUT2D eigenvalue weighted by Crippen LogP contribution is 2.24. The maximum absolute atomic E-state index is 13.9. The number of carbonyl (C=O) groups excluding carboxylic acids is 1. The van der Waals surface area contributed by atoms with Crippen LogP contribution in [0.2, 0.25) is 0 Å². The molecule has 0 radical (unpaired) electrons. The molecule has 32 heavy (non-hydrogen) atoms. The summed E-state index contributed by atoms with van der Waals surface area (Å²) in [6, 6.07) is 19.5. The Morgan fingerprint density at radius 3 is 2.41 bits per heavy atom. The van der Waals surface area contributed by atoms with Gasteiger partial charge in [-0.1, -0.05) is 24.3 Å². The summed E-state index contributed by atoms with van der Waals surface area (Å²) in [4.78, 5) is 16.6. The summed E-state index contributed by atoms with van der Waals surface area (Å²) in [6.07, 6.45) is 0. The number of nitriles is 1. The first kappa shape index (κ1) is 21.3. The van der Waals surface area contributed by atoms with Gasteiger partial charge >= 0.3 is 0 Å². The monoisotopic (exact) mass is 433 g/mol. The van der Waals surface area contributed by atoms with E-state index in [-0.39, 0.29) is 23.9 Å². The van der Waals surface area contributed by atoms with Gasteiger partial charge in [-0.3, -0.25) is 4.79 Å². The molecule has 0 bridgehead atoms. The molecule has 1 aliphatic heterocycles. The van der Waals surface area contributed by atoms with E-state index >= 15 is 0 Å². The Balaban J connectivity index is 1.38. The topological polar surface area (TPSA) is 56.6 Å². The summed E-state index contributed by atoms with van der Waals surface area (Å²) in [5.41, 5.74) is 1.92. The summed E-state index contributed by atoms with van der Waals surface area (Å²) in [5.74, 6) is -0.405. The molecule has 0 aliphatic carbocycles. The quantitative estimate of drug-likeness (QED) is 0.599. The lowest BCUT2D eigenvalue weighted by Crippen LogP contribution is -2.49. The van der Waals surface area contributed by atoms with E-state index in [9.17, 15) is 18.8 Å². The standard InChI is InChI=1S/C25H21F2N3O2/c26-20-9-7-18(8-10-20)17-32-21-4-1-3-19(15-21)25(31)30-13-11-29(12-14-30)24-6-2-5-23(27)22(24)16-28/h1-10,15H,11-14,17H2. The van der Waals surface area contributed by atoms with Crippen molar-refractivity contribution in [2.24, 2.45) is 0 Å². The Kier molecular flexibility index (Phi) is 6.31. The minimum Gasteiger partial charge on any atom is -0.489 e. The van der Waals surface area contributed by atoms with Crippen LogP contribution in [-0.2, 0) is 6.61 Å². The Morgan fingerprint density at radius 2 is 1.69 bits per heavy atom. The highest BCUT2D eigenvalue weighted by atomic mass is 19.1. The van der Waals surface area contributed by atoms with Crippen LogP contribution in [-0.4, -0.2) is 37.0 Å². The number of hydrogen-bond acceptors (Lipinski definition) is 4. The minimum atomic E-state index is -0.541. The Labute approximate surface area is 185 Å². The third kappa shape index (κ3) is 4.70. The van der Waals surface area contributed by atoms with Gasteiger partial charge in [0.05, 0.1) is 5.69 Å². The number of carbonyl (C=O) groups is 1. The maximum atomic E-state index is 13.9. The van der Waals surface area contributed by atoms with Crippen LogP contribution in [0.25, 0.3) is 0 Å². The zero-order valence-electron chi connectivity index (χ0n) is 17.3. The number of rotatable bonds is 5. The molecule has 0 N–H and O–H groups in total. The van der Waals surface area contributed by atoms with Crippen LogP contribution in [0.5, 0.6) is 5.75 Å². The van der Waals surface area contributed by atoms with Gasteiger partial charge in [-0.25, -0.2) is 8.78 Å². The van der Waals surface area contributed by atoms with Crippen LogP contribution in [0.1, 0.15) is 21.5 Å². The molecule has 1 saturated heterocycles. The number of halogens is 2. The fraction of sp³-hybridized carbons (Fsp3) is 0.200. The molecular weight excluding hydrogens is 412 g/mol. The van der Waals surface area contributed by atoms with E-state index in [1.165, 1.54) is 18.2 Å². The molecule has 0 aromatic heterocycles. The number of amides is 1. The predicted molar refractivity (Wildman–Crippen MR) is 116 cm³/mol. The van der Waals surface area contributed by atoms with Crippen molar-refractivity contribution < 1.29 is 18.3 Å². The van der Waals surface area contributed by atoms with E-state index in [0.717, 1.165) is 5.56 Å². The first-order valence-electron chi connectivity index (χ1n) is 10.3. The van der Waals surface area contributed by atoms with Crippen molar-refractivity contribution in [1.82, 2.24) is 4.90 Å². The molecule has 3 aromatic carbocycles. The lowest BCUT2D eigenvalue weighted by molar-refractivity contribution is 0.0746. The maximum Gasteiger partial charge on any atom is 0.254 e. The van der Waals surface area contributed by atoms with Crippen molar-refractivity contribution in [2.45, 2.75) is 6.61 Å². The third-order valence-electron chi connectivity index (χ3n) is 5.41. The zero-order chi connectivity index (χ0) is 22.5. The Bertz CT molecular complexity index is 1150. The van der Waals surface area contributed by atoms with E-state index < -0.39 is 5.82 Å². The van der Waals surface area contributed by atoms with Gasteiger partial charge < -0.3 is 14.5 Å². The molecular formula is C25H21F2N3O2. The zero-order valence-corrected chi connectivity index (χ0v) is 17.3. The van der Waals surface area contributed by atoms with Crippen molar-refractivity contribution >= 4 is 11.6 Å². The lowest BCUT2D eigenvalue weighted by Gasteiger charge is -2.36. The van der Waals surface area contributed by atoms with E-state index in [1.54, 1.807) is 53.4 Å². The molecule has 162 valence electrons. The average molecular weight is 433 g/mol. The van der Waals surface area contributed by atoms with Crippen LogP contribution in [0, 0.1) is 23.0 Å². The summed E-state index contributed by atoms with van der Waals surface area (Å²) >= 11 is 0. The predicted octanol–water partition coefficient (Wildman–Crippen LogP) is 4.38. The molecule has 1 fully saturated rings. The molecule has 0 saturated carbocycles. The lowest BCUT2D eigenvalue weighted by atomic mass is 10.1. The van der Waals surface area contributed by atoms with Crippen molar-refractivity contribution in [1.29, 1.82) is 5.26 Å². The van der Waals surface area contributed by atoms with Gasteiger partial charge in [0, 0.05) is 31.7 Å². The van der Waals surface area contributed by atoms with Crippen LogP contribution in [0.15, 0.2) is 66.7 Å². The number of hydrogen-bond donors (Lipinski definition) is 0. The second kappa shape index (κ2) is 9.48. The molecule has 7 heteroatoms. The fourth-order valence-electron chi connectivity index (χ4n) is 3.69. The van der Waals surface area contributed by atoms with E-state index in [0.29, 0.717) is 43.2 Å². The number of piperazine rings is 1. The average Bonchev–Trinajstić information content (AvgIpc) is 2.83. The normalized spacial score (nSPS) is 13.5. The third-order valence-corrected chi connectivity index (χ3v) is 5.41. The second-order valence-electron chi connectivity index (χ2n) is 7.47. The fourth-order valence-corrected chi connectivity index (χ4v) is 3.69. The molecule has 4 rings (SSSR count). The molecule has 5 nitrogen and oxygen atoms in total. The van der Waals surface area contributed by atoms with Gasteiger partial charge in [-0.05, 0) is 48.0 Å². The smallest absolute Gasteiger partial charge is 0.254 e. The van der Waals surface area contributed by atoms with Crippen molar-refractivity contribution in [3.8, 4) is 11.8 Å². The second-order valence-corrected chi connectivity index (χ2v) is 7.47. The minimum absolute atomic E-state index is 0.0262. The van der Waals surface area contributed by atoms with Crippen molar-refractivity contribution in [2.75, 3.05) is 31.1 Å². The van der Waals surface area contributed by atoms with Crippen LogP contribution in [0.4, 0.5) is 14.5 Å². The van der Waals surface area contributed by atoms with Crippen molar-refractivity contribution in [3.05, 3.63) is 95.1 Å². The first-order chi connectivity index (χ1) is 15.5. The highest BCUT2D eigenvalue weighted by molar-refractivity contribution is 5.94. The molecule has 1 aliphatic rings. The van der Waals surface area contributed by atoms with Crippen LogP contribution >= 0.6 is 0 Å². The summed E-state index contributed by atoms with van der Waals surface area (Å²) in [7, 11) is 0. The highest BCUT2D eigenvalue weighted by Gasteiger charge is 2.24. The van der Waals surface area contributed by atoms with Gasteiger partial charge in [0.15, 0.2) is 0 Å². The molecule has 0 spiro atoms. The molecule has 0 atom stereocenters. The largest absolute Gasteiger partial charge is 0.489 e. The van der Waals surface area contributed by atoms with Crippen molar-refractivity contribution in [3.63, 3.8) is 0 Å². The molecule has 1 amide bonds. The van der Waals surface area contributed by atoms with E-state index in [1.807, 2.05) is 11.0 Å². The summed E-state index contributed by atoms with van der Waals surface area (Å²) < 4.78 is 32.7. The first-order valence-corrected chi connectivity index (χ1v) is 10.3. The number of anilines is 1. The van der Waals surface area contributed by atoms with Gasteiger partial charge in [0.1, 0.15) is 35.6 Å². The number of benzene rings is 3. The van der Waals surface area contributed by atoms with Gasteiger partial charge in [0.2, 0.25) is 0 Å². The van der Waals surface area contributed by atoms with E-state index in [2.05, 4.69) is 0 Å². The number of nitrogens with zero attached hydrogens (tertiary/aromatic N) is 3. The summed E-state index contributed by atoms with van der Waals surface area (Å²) in [6.45, 7) is 2.20. The molecule has 1 heterocycles. The van der Waals surface area contributed by atoms with Gasteiger partial charge in [0.25, 0.3) is 5.91 Å². The SMILES string of the molecule is N#Cc1c(F)cccc1N1CCN(C(=O)c2cccc(OCc3ccc(F)cc3)c2)CC1. The Hall–Kier alpha value is -3.92.